The fourth-order valence-electron chi connectivity index (χ4n) is 4.29. The predicted molar refractivity (Wildman–Crippen MR) is 134 cm³/mol. The third kappa shape index (κ3) is 4.04. The van der Waals surface area contributed by atoms with Crippen molar-refractivity contribution < 1.29 is 23.4 Å². The quantitative estimate of drug-likeness (QED) is 0.273. The van der Waals surface area contributed by atoms with Gasteiger partial charge < -0.3 is 18.8 Å². The first-order chi connectivity index (χ1) is 16.9. The molecule has 2 heterocycles. The molecule has 5 rings (SSSR count). The Hall–Kier alpha value is -3.77. The number of ether oxygens (including phenoxy) is 3. The van der Waals surface area contributed by atoms with Crippen LogP contribution in [0.4, 0.5) is 4.39 Å². The van der Waals surface area contributed by atoms with Crippen LogP contribution in [0.3, 0.4) is 0 Å². The zero-order chi connectivity index (χ0) is 24.7. The van der Waals surface area contributed by atoms with E-state index < -0.39 is 5.82 Å². The van der Waals surface area contributed by atoms with E-state index in [2.05, 4.69) is 11.5 Å². The number of ketones is 1. The number of hydrogen-bond donors (Lipinski definition) is 0. The van der Waals surface area contributed by atoms with E-state index in [4.69, 9.17) is 25.8 Å². The molecular formula is C28H23ClFNO4. The summed E-state index contributed by atoms with van der Waals surface area (Å²) in [5, 5.41) is 1.26. The number of hydrogen-bond acceptors (Lipinski definition) is 4. The molecule has 35 heavy (non-hydrogen) atoms. The van der Waals surface area contributed by atoms with Crippen molar-refractivity contribution in [2.75, 3.05) is 7.11 Å². The highest BCUT2D eigenvalue weighted by molar-refractivity contribution is 6.31. The molecule has 1 aliphatic heterocycles. The number of Topliss-reactive ketones (excluding diaryl/α,β-unsaturated/α-hetero) is 1. The number of nitrogens with zero attached hydrogens (tertiary/aromatic N) is 1. The zero-order valence-corrected chi connectivity index (χ0v) is 20.3. The maximum atomic E-state index is 14.1. The molecule has 0 saturated heterocycles. The minimum Gasteiger partial charge on any atom is -0.497 e. The van der Waals surface area contributed by atoms with Crippen molar-refractivity contribution in [3.05, 3.63) is 93.6 Å². The Balaban J connectivity index is 1.46. The second kappa shape index (κ2) is 9.12. The summed E-state index contributed by atoms with van der Waals surface area (Å²) < 4.78 is 33.5. The normalized spacial score (nSPS) is 13.9. The summed E-state index contributed by atoms with van der Waals surface area (Å²) in [6.45, 7) is 4.61. The second-order valence-corrected chi connectivity index (χ2v) is 8.65. The number of aromatic nitrogens is 1. The third-order valence-corrected chi connectivity index (χ3v) is 6.57. The van der Waals surface area contributed by atoms with Gasteiger partial charge in [-0.1, -0.05) is 17.7 Å². The van der Waals surface area contributed by atoms with Gasteiger partial charge in [-0.05, 0) is 62.4 Å². The number of allylic oxidation sites excluding steroid dienone is 1. The van der Waals surface area contributed by atoms with Gasteiger partial charge >= 0.3 is 0 Å². The largest absolute Gasteiger partial charge is 0.497 e. The molecule has 1 aromatic heterocycles. The van der Waals surface area contributed by atoms with E-state index in [1.54, 1.807) is 44.4 Å². The van der Waals surface area contributed by atoms with Crippen molar-refractivity contribution in [2.45, 2.75) is 27.0 Å². The minimum atomic E-state index is -0.434. The van der Waals surface area contributed by atoms with Crippen LogP contribution in [-0.2, 0) is 13.2 Å². The molecule has 7 heteroatoms. The molecule has 3 aromatic carbocycles. The van der Waals surface area contributed by atoms with Crippen molar-refractivity contribution in [2.24, 2.45) is 0 Å². The van der Waals surface area contributed by atoms with E-state index >= 15 is 0 Å². The lowest BCUT2D eigenvalue weighted by atomic mass is 10.1. The maximum absolute atomic E-state index is 14.1. The molecule has 0 radical (unpaired) electrons. The van der Waals surface area contributed by atoms with Gasteiger partial charge in [0, 0.05) is 40.3 Å². The average molecular weight is 492 g/mol. The molecule has 0 spiro atoms. The van der Waals surface area contributed by atoms with E-state index in [0.29, 0.717) is 27.6 Å². The summed E-state index contributed by atoms with van der Waals surface area (Å²) in [6, 6.07) is 13.7. The van der Waals surface area contributed by atoms with Crippen LogP contribution in [-0.4, -0.2) is 17.5 Å². The molecule has 0 N–H and O–H groups in total. The fraction of sp³-hybridized carbons (Fsp3) is 0.179. The number of rotatable bonds is 6. The first kappa shape index (κ1) is 23.0. The molecule has 0 amide bonds. The topological polar surface area (TPSA) is 49.7 Å². The average Bonchev–Trinajstić information content (AvgIpc) is 3.37. The monoisotopic (exact) mass is 491 g/mol. The lowest BCUT2D eigenvalue weighted by Crippen LogP contribution is -2.01. The highest BCUT2D eigenvalue weighted by Crippen LogP contribution is 2.40. The highest BCUT2D eigenvalue weighted by atomic mass is 35.5. The van der Waals surface area contributed by atoms with E-state index in [9.17, 15) is 9.18 Å². The first-order valence-electron chi connectivity index (χ1n) is 11.2. The van der Waals surface area contributed by atoms with Crippen molar-refractivity contribution in [1.29, 1.82) is 0 Å². The molecule has 1 aliphatic rings. The smallest absolute Gasteiger partial charge is 0.231 e. The van der Waals surface area contributed by atoms with Gasteiger partial charge in [0.1, 0.15) is 29.7 Å². The van der Waals surface area contributed by atoms with Crippen LogP contribution in [0.2, 0.25) is 5.02 Å². The van der Waals surface area contributed by atoms with Gasteiger partial charge in [0.2, 0.25) is 5.78 Å². The number of fused-ring (bicyclic) bond motifs is 2. The summed E-state index contributed by atoms with van der Waals surface area (Å²) in [6.07, 6.45) is 3.76. The Morgan fingerprint density at radius 3 is 2.74 bits per heavy atom. The Labute approximate surface area is 207 Å². The van der Waals surface area contributed by atoms with Gasteiger partial charge in [-0.2, -0.15) is 0 Å². The lowest BCUT2D eigenvalue weighted by molar-refractivity contribution is 0.101. The molecule has 0 unspecified atom stereocenters. The minimum absolute atomic E-state index is 0.0415. The number of methoxy groups -OCH3 is 1. The van der Waals surface area contributed by atoms with E-state index in [1.165, 1.54) is 6.07 Å². The van der Waals surface area contributed by atoms with Crippen LogP contribution in [0.5, 0.6) is 17.2 Å². The summed E-state index contributed by atoms with van der Waals surface area (Å²) in [5.74, 6) is 1.26. The number of aryl methyl sites for hydroxylation is 1. The number of benzene rings is 3. The van der Waals surface area contributed by atoms with E-state index in [0.717, 1.165) is 28.8 Å². The molecule has 178 valence electrons. The Kier molecular flexibility index (Phi) is 5.99. The maximum Gasteiger partial charge on any atom is 0.231 e. The van der Waals surface area contributed by atoms with Gasteiger partial charge in [-0.3, -0.25) is 4.79 Å². The Bertz CT molecular complexity index is 1480. The molecule has 0 bridgehead atoms. The summed E-state index contributed by atoms with van der Waals surface area (Å²) in [7, 11) is 1.62. The van der Waals surface area contributed by atoms with Crippen LogP contribution in [0.25, 0.3) is 17.0 Å². The number of halogens is 2. The predicted octanol–water partition coefficient (Wildman–Crippen LogP) is 6.97. The Morgan fingerprint density at radius 1 is 1.17 bits per heavy atom. The first-order valence-corrected chi connectivity index (χ1v) is 11.6. The summed E-state index contributed by atoms with van der Waals surface area (Å²) in [5.41, 5.74) is 3.29. The molecule has 0 aliphatic carbocycles. The van der Waals surface area contributed by atoms with Gasteiger partial charge in [-0.15, -0.1) is 0 Å². The standard InChI is InChI=1S/C28H23ClFNO4/c1-4-31-14-17(20-13-18(33-3)8-10-24(20)31)12-26-27(32)19-9-11-25(16(2)28(19)35-26)34-15-21-22(29)6-5-7-23(21)30/h5-14H,4,15H2,1-3H3. The van der Waals surface area contributed by atoms with Crippen molar-refractivity contribution in [3.63, 3.8) is 0 Å². The van der Waals surface area contributed by atoms with Crippen LogP contribution in [0.1, 0.15) is 34.0 Å². The van der Waals surface area contributed by atoms with E-state index in [-0.39, 0.29) is 23.7 Å². The van der Waals surface area contributed by atoms with Crippen molar-refractivity contribution in [3.8, 4) is 17.2 Å². The summed E-state index contributed by atoms with van der Waals surface area (Å²) in [4.78, 5) is 13.1. The highest BCUT2D eigenvalue weighted by Gasteiger charge is 2.30. The SMILES string of the molecule is CCn1cc(C=C2Oc3c(ccc(OCc4c(F)cccc4Cl)c3C)C2=O)c2cc(OC)ccc21. The van der Waals surface area contributed by atoms with Crippen LogP contribution < -0.4 is 14.2 Å². The van der Waals surface area contributed by atoms with Crippen LogP contribution in [0, 0.1) is 12.7 Å². The lowest BCUT2D eigenvalue weighted by Gasteiger charge is -2.12. The fourth-order valence-corrected chi connectivity index (χ4v) is 4.51. The second-order valence-electron chi connectivity index (χ2n) is 8.25. The molecular weight excluding hydrogens is 469 g/mol. The molecule has 4 aromatic rings. The summed E-state index contributed by atoms with van der Waals surface area (Å²) >= 11 is 6.11. The van der Waals surface area contributed by atoms with Gasteiger partial charge in [0.15, 0.2) is 5.76 Å². The number of carbonyl (C=O) groups excluding carboxylic acids is 1. The van der Waals surface area contributed by atoms with Crippen molar-refractivity contribution in [1.82, 2.24) is 4.57 Å². The van der Waals surface area contributed by atoms with Crippen LogP contribution >= 0.6 is 11.6 Å². The molecule has 0 saturated carbocycles. The van der Waals surface area contributed by atoms with Gasteiger partial charge in [-0.25, -0.2) is 4.39 Å². The number of carbonyl (C=O) groups is 1. The third-order valence-electron chi connectivity index (χ3n) is 6.22. The molecule has 5 nitrogen and oxygen atoms in total. The van der Waals surface area contributed by atoms with Crippen LogP contribution in [0.15, 0.2) is 60.5 Å². The molecule has 0 atom stereocenters. The van der Waals surface area contributed by atoms with Gasteiger partial charge in [0.05, 0.1) is 17.7 Å². The Morgan fingerprint density at radius 2 is 2.00 bits per heavy atom. The van der Waals surface area contributed by atoms with E-state index in [1.807, 2.05) is 24.4 Å². The van der Waals surface area contributed by atoms with Gasteiger partial charge in [0.25, 0.3) is 0 Å². The zero-order valence-electron chi connectivity index (χ0n) is 19.5. The van der Waals surface area contributed by atoms with Crippen molar-refractivity contribution >= 4 is 34.4 Å². The molecule has 0 fully saturated rings.